The van der Waals surface area contributed by atoms with Crippen LogP contribution in [0.4, 0.5) is 5.69 Å². The van der Waals surface area contributed by atoms with Gasteiger partial charge in [0.1, 0.15) is 0 Å². The number of nitrogen functional groups attached to an aromatic ring is 1. The maximum Gasteiger partial charge on any atom is 0.253 e. The second-order valence-electron chi connectivity index (χ2n) is 6.03. The Morgan fingerprint density at radius 3 is 2.57 bits per heavy atom. The maximum absolute atomic E-state index is 12.6. The molecule has 0 radical (unpaired) electrons. The summed E-state index contributed by atoms with van der Waals surface area (Å²) in [5.74, 6) is 0.136. The number of anilines is 1. The molecule has 4 nitrogen and oxygen atoms in total. The predicted octanol–water partition coefficient (Wildman–Crippen LogP) is 2.62. The van der Waals surface area contributed by atoms with Crippen molar-refractivity contribution in [2.24, 2.45) is 0 Å². The Morgan fingerprint density at radius 2 is 1.78 bits per heavy atom. The zero-order chi connectivity index (χ0) is 16.1. The van der Waals surface area contributed by atoms with Crippen LogP contribution in [0.1, 0.15) is 22.3 Å². The van der Waals surface area contributed by atoms with Crippen LogP contribution in [-0.4, -0.2) is 41.9 Å². The average molecular weight is 309 g/mol. The van der Waals surface area contributed by atoms with Crippen LogP contribution >= 0.6 is 0 Å². The van der Waals surface area contributed by atoms with E-state index >= 15 is 0 Å². The first-order valence-corrected chi connectivity index (χ1v) is 8.13. The van der Waals surface area contributed by atoms with E-state index in [0.29, 0.717) is 0 Å². The highest BCUT2D eigenvalue weighted by Gasteiger charge is 2.20. The van der Waals surface area contributed by atoms with Crippen LogP contribution in [0.5, 0.6) is 0 Å². The molecule has 0 bridgehead atoms. The summed E-state index contributed by atoms with van der Waals surface area (Å²) in [6.07, 6.45) is 1.00. The second-order valence-corrected chi connectivity index (χ2v) is 6.03. The van der Waals surface area contributed by atoms with Crippen LogP contribution in [0.15, 0.2) is 54.6 Å². The van der Waals surface area contributed by atoms with Gasteiger partial charge in [0.25, 0.3) is 5.91 Å². The molecule has 120 valence electrons. The fraction of sp³-hybridized carbons (Fsp3) is 0.316. The van der Waals surface area contributed by atoms with Crippen LogP contribution in [0.25, 0.3) is 0 Å². The molecule has 1 saturated heterocycles. The molecule has 1 aliphatic rings. The summed E-state index contributed by atoms with van der Waals surface area (Å²) in [7, 11) is 0. The maximum atomic E-state index is 12.6. The molecular weight excluding hydrogens is 286 g/mol. The molecule has 4 heteroatoms. The monoisotopic (exact) mass is 309 g/mol. The topological polar surface area (TPSA) is 49.6 Å². The molecule has 2 aromatic rings. The third-order valence-corrected chi connectivity index (χ3v) is 4.25. The lowest BCUT2D eigenvalue weighted by atomic mass is 10.2. The van der Waals surface area contributed by atoms with Crippen molar-refractivity contribution in [3.05, 3.63) is 65.7 Å². The van der Waals surface area contributed by atoms with E-state index < -0.39 is 0 Å². The van der Waals surface area contributed by atoms with Gasteiger partial charge in [0.15, 0.2) is 0 Å². The zero-order valence-corrected chi connectivity index (χ0v) is 13.3. The Balaban J connectivity index is 1.60. The van der Waals surface area contributed by atoms with Crippen LogP contribution in [0, 0.1) is 0 Å². The number of carbonyl (C=O) groups excluding carboxylic acids is 1. The number of rotatable bonds is 3. The normalized spacial score (nSPS) is 16.1. The summed E-state index contributed by atoms with van der Waals surface area (Å²) in [6.45, 7) is 4.39. The molecular formula is C19H23N3O. The average Bonchev–Trinajstić information content (AvgIpc) is 2.81. The Bertz CT molecular complexity index is 657. The van der Waals surface area contributed by atoms with Crippen LogP contribution in [0.2, 0.25) is 0 Å². The third kappa shape index (κ3) is 4.11. The van der Waals surface area contributed by atoms with E-state index in [1.165, 1.54) is 5.56 Å². The second kappa shape index (κ2) is 7.29. The highest BCUT2D eigenvalue weighted by molar-refractivity contribution is 5.94. The number of amides is 1. The highest BCUT2D eigenvalue weighted by Crippen LogP contribution is 2.13. The molecule has 2 aromatic carbocycles. The fourth-order valence-corrected chi connectivity index (χ4v) is 3.05. The fourth-order valence-electron chi connectivity index (χ4n) is 3.05. The van der Waals surface area contributed by atoms with Gasteiger partial charge in [-0.05, 0) is 36.2 Å². The molecule has 1 heterocycles. The molecule has 23 heavy (non-hydrogen) atoms. The van der Waals surface area contributed by atoms with Crippen molar-refractivity contribution < 1.29 is 4.79 Å². The van der Waals surface area contributed by atoms with Gasteiger partial charge in [-0.1, -0.05) is 30.3 Å². The predicted molar refractivity (Wildman–Crippen MR) is 93.1 cm³/mol. The Labute approximate surface area is 137 Å². The van der Waals surface area contributed by atoms with Crippen molar-refractivity contribution in [2.75, 3.05) is 31.9 Å². The van der Waals surface area contributed by atoms with Crippen molar-refractivity contribution in [3.63, 3.8) is 0 Å². The summed E-state index contributed by atoms with van der Waals surface area (Å²) in [6, 6.07) is 17.6. The van der Waals surface area contributed by atoms with Gasteiger partial charge in [0.2, 0.25) is 0 Å². The molecule has 0 spiro atoms. The summed E-state index contributed by atoms with van der Waals surface area (Å²) in [5, 5.41) is 0. The van der Waals surface area contributed by atoms with Gasteiger partial charge in [0, 0.05) is 44.0 Å². The van der Waals surface area contributed by atoms with E-state index in [4.69, 9.17) is 5.73 Å². The van der Waals surface area contributed by atoms with Gasteiger partial charge in [-0.2, -0.15) is 0 Å². The summed E-state index contributed by atoms with van der Waals surface area (Å²) in [5.41, 5.74) is 8.66. The Hall–Kier alpha value is -2.33. The summed E-state index contributed by atoms with van der Waals surface area (Å²) in [4.78, 5) is 16.9. The van der Waals surface area contributed by atoms with E-state index in [2.05, 4.69) is 11.0 Å². The molecule has 2 N–H and O–H groups in total. The Morgan fingerprint density at radius 1 is 0.957 bits per heavy atom. The van der Waals surface area contributed by atoms with Crippen LogP contribution < -0.4 is 5.73 Å². The van der Waals surface area contributed by atoms with E-state index in [9.17, 15) is 4.79 Å². The highest BCUT2D eigenvalue weighted by atomic mass is 16.2. The lowest BCUT2D eigenvalue weighted by molar-refractivity contribution is 0.0761. The van der Waals surface area contributed by atoms with Gasteiger partial charge < -0.3 is 10.6 Å². The molecule has 0 saturated carbocycles. The molecule has 1 amide bonds. The molecule has 1 fully saturated rings. The van der Waals surface area contributed by atoms with Crippen LogP contribution in [-0.2, 0) is 6.54 Å². The van der Waals surface area contributed by atoms with Crippen LogP contribution in [0.3, 0.4) is 0 Å². The van der Waals surface area contributed by atoms with E-state index in [1.54, 1.807) is 0 Å². The van der Waals surface area contributed by atoms with Gasteiger partial charge in [-0.15, -0.1) is 0 Å². The van der Waals surface area contributed by atoms with Crippen molar-refractivity contribution in [1.29, 1.82) is 0 Å². The summed E-state index contributed by atoms with van der Waals surface area (Å²) >= 11 is 0. The minimum atomic E-state index is 0.136. The third-order valence-electron chi connectivity index (χ3n) is 4.25. The summed E-state index contributed by atoms with van der Waals surface area (Å²) < 4.78 is 0. The Kier molecular flexibility index (Phi) is 4.93. The SMILES string of the molecule is Nc1cccc(CN2CCCN(C(=O)c3ccccc3)CC2)c1. The van der Waals surface area contributed by atoms with Crippen molar-refractivity contribution in [2.45, 2.75) is 13.0 Å². The lowest BCUT2D eigenvalue weighted by Crippen LogP contribution is -2.35. The number of hydrogen-bond acceptors (Lipinski definition) is 3. The van der Waals surface area contributed by atoms with Crippen molar-refractivity contribution in [1.82, 2.24) is 9.80 Å². The minimum Gasteiger partial charge on any atom is -0.399 e. The number of carbonyl (C=O) groups is 1. The molecule has 0 aromatic heterocycles. The standard InChI is InChI=1S/C19H23N3O/c20-18-9-4-6-16(14-18)15-21-10-5-11-22(13-12-21)19(23)17-7-2-1-3-8-17/h1-4,6-9,14H,5,10-13,15,20H2. The molecule has 0 unspecified atom stereocenters. The molecule has 0 aliphatic carbocycles. The smallest absolute Gasteiger partial charge is 0.253 e. The zero-order valence-electron chi connectivity index (χ0n) is 13.3. The number of benzene rings is 2. The molecule has 0 atom stereocenters. The first kappa shape index (κ1) is 15.6. The number of nitrogens with two attached hydrogens (primary N) is 1. The number of hydrogen-bond donors (Lipinski definition) is 1. The first-order valence-electron chi connectivity index (χ1n) is 8.13. The molecule has 3 rings (SSSR count). The van der Waals surface area contributed by atoms with E-state index in [0.717, 1.165) is 50.4 Å². The quantitative estimate of drug-likeness (QED) is 0.887. The van der Waals surface area contributed by atoms with Gasteiger partial charge in [0.05, 0.1) is 0 Å². The first-order chi connectivity index (χ1) is 11.2. The lowest BCUT2D eigenvalue weighted by Gasteiger charge is -2.22. The van der Waals surface area contributed by atoms with Gasteiger partial charge >= 0.3 is 0 Å². The van der Waals surface area contributed by atoms with Gasteiger partial charge in [-0.3, -0.25) is 9.69 Å². The van der Waals surface area contributed by atoms with Gasteiger partial charge in [-0.25, -0.2) is 0 Å². The molecule has 1 aliphatic heterocycles. The van der Waals surface area contributed by atoms with Crippen molar-refractivity contribution >= 4 is 11.6 Å². The number of nitrogens with zero attached hydrogens (tertiary/aromatic N) is 2. The van der Waals surface area contributed by atoms with E-state index in [1.807, 2.05) is 53.4 Å². The largest absolute Gasteiger partial charge is 0.399 e. The van der Waals surface area contributed by atoms with E-state index in [-0.39, 0.29) is 5.91 Å². The van der Waals surface area contributed by atoms with Crippen molar-refractivity contribution in [3.8, 4) is 0 Å². The minimum absolute atomic E-state index is 0.136.